The standard InChI is InChI=1S/C26H36N4O3S2.C2HF3O2/c1-5-9-29(4)17(3)24-14-20(16-34-24)19-12-21-23(15-28-25(21)22(13-19)26(27)31)18-7-10-30(11-8-18)35(32,33)6-2;3-2(4,5)1(6)7/h12-18,28H,5-11H2,1-4H3,(H2,27,31);(H,6,7). The summed E-state index contributed by atoms with van der Waals surface area (Å²) in [6.07, 6.45) is -0.494. The highest BCUT2D eigenvalue weighted by Gasteiger charge is 2.38. The molecule has 0 spiro atoms. The predicted octanol–water partition coefficient (Wildman–Crippen LogP) is 5.56. The van der Waals surface area contributed by atoms with Crippen LogP contribution in [0.2, 0.25) is 0 Å². The number of H-pyrrole nitrogens is 1. The van der Waals surface area contributed by atoms with Gasteiger partial charge in [-0.15, -0.1) is 11.3 Å². The summed E-state index contributed by atoms with van der Waals surface area (Å²) in [5.41, 5.74) is 10.2. The van der Waals surface area contributed by atoms with Gasteiger partial charge in [-0.05, 0) is 92.9 Å². The van der Waals surface area contributed by atoms with Gasteiger partial charge in [0, 0.05) is 35.6 Å². The number of nitrogens with zero attached hydrogens (tertiary/aromatic N) is 2. The second-order valence-corrected chi connectivity index (χ2v) is 13.5. The number of aromatic amines is 1. The highest BCUT2D eigenvalue weighted by molar-refractivity contribution is 7.89. The van der Waals surface area contributed by atoms with Crippen LogP contribution >= 0.6 is 11.3 Å². The molecule has 14 heteroatoms. The van der Waals surface area contributed by atoms with Crippen molar-refractivity contribution in [1.29, 1.82) is 0 Å². The molecule has 232 valence electrons. The molecule has 1 fully saturated rings. The molecule has 0 aliphatic carbocycles. The molecule has 42 heavy (non-hydrogen) atoms. The lowest BCUT2D eigenvalue weighted by Gasteiger charge is -2.31. The summed E-state index contributed by atoms with van der Waals surface area (Å²) in [6.45, 7) is 8.17. The van der Waals surface area contributed by atoms with Gasteiger partial charge in [-0.1, -0.05) is 6.92 Å². The summed E-state index contributed by atoms with van der Waals surface area (Å²) in [6, 6.07) is 6.57. The lowest BCUT2D eigenvalue weighted by Crippen LogP contribution is -2.38. The number of nitrogens with one attached hydrogen (secondary N) is 1. The zero-order valence-electron chi connectivity index (χ0n) is 24.0. The van der Waals surface area contributed by atoms with Crippen molar-refractivity contribution in [3.63, 3.8) is 0 Å². The smallest absolute Gasteiger partial charge is 0.475 e. The molecule has 3 heterocycles. The quantitative estimate of drug-likeness (QED) is 0.283. The van der Waals surface area contributed by atoms with E-state index in [9.17, 15) is 26.4 Å². The van der Waals surface area contributed by atoms with E-state index in [1.165, 1.54) is 4.88 Å². The number of carboxylic acid groups (broad SMARTS) is 1. The van der Waals surface area contributed by atoms with Crippen LogP contribution in [0.1, 0.15) is 72.8 Å². The predicted molar refractivity (Wildman–Crippen MR) is 158 cm³/mol. The number of fused-ring (bicyclic) bond motifs is 1. The van der Waals surface area contributed by atoms with Crippen LogP contribution in [0.15, 0.2) is 29.8 Å². The van der Waals surface area contributed by atoms with Gasteiger partial charge in [0.1, 0.15) is 0 Å². The minimum Gasteiger partial charge on any atom is -0.475 e. The third-order valence-electron chi connectivity index (χ3n) is 7.58. The normalized spacial score (nSPS) is 15.9. The van der Waals surface area contributed by atoms with Crippen molar-refractivity contribution in [2.24, 2.45) is 5.73 Å². The van der Waals surface area contributed by atoms with Crippen LogP contribution < -0.4 is 5.73 Å². The topological polar surface area (TPSA) is 137 Å². The molecule has 9 nitrogen and oxygen atoms in total. The van der Waals surface area contributed by atoms with E-state index < -0.39 is 28.1 Å². The van der Waals surface area contributed by atoms with E-state index in [1.807, 2.05) is 12.3 Å². The Morgan fingerprint density at radius 3 is 2.33 bits per heavy atom. The number of benzene rings is 1. The molecule has 0 radical (unpaired) electrons. The van der Waals surface area contributed by atoms with E-state index >= 15 is 0 Å². The number of primary amides is 1. The number of carbonyl (C=O) groups is 2. The first-order valence-electron chi connectivity index (χ1n) is 13.6. The summed E-state index contributed by atoms with van der Waals surface area (Å²) in [4.78, 5) is 28.2. The maximum Gasteiger partial charge on any atom is 0.490 e. The number of hydrogen-bond acceptors (Lipinski definition) is 6. The Hall–Kier alpha value is -2.94. The Morgan fingerprint density at radius 2 is 1.81 bits per heavy atom. The number of amides is 1. The molecular formula is C28H37F3N4O5S2. The molecule has 1 atom stereocenters. The highest BCUT2D eigenvalue weighted by atomic mass is 32.2. The monoisotopic (exact) mass is 630 g/mol. The Balaban J connectivity index is 0.000000616. The Labute approximate surface area is 247 Å². The fourth-order valence-electron chi connectivity index (χ4n) is 5.07. The van der Waals surface area contributed by atoms with Crippen molar-refractivity contribution in [1.82, 2.24) is 14.2 Å². The van der Waals surface area contributed by atoms with Gasteiger partial charge in [0.15, 0.2) is 0 Å². The minimum absolute atomic E-state index is 0.131. The number of aromatic nitrogens is 1. The number of thiophene rings is 1. The first-order chi connectivity index (χ1) is 19.6. The van der Waals surface area contributed by atoms with E-state index in [-0.39, 0.29) is 11.7 Å². The molecule has 1 unspecified atom stereocenters. The highest BCUT2D eigenvalue weighted by Crippen LogP contribution is 2.39. The van der Waals surface area contributed by atoms with Gasteiger partial charge in [0.2, 0.25) is 10.0 Å². The zero-order valence-corrected chi connectivity index (χ0v) is 25.6. The van der Waals surface area contributed by atoms with Gasteiger partial charge >= 0.3 is 12.1 Å². The third-order valence-corrected chi connectivity index (χ3v) is 10.6. The van der Waals surface area contributed by atoms with Gasteiger partial charge < -0.3 is 15.8 Å². The largest absolute Gasteiger partial charge is 0.490 e. The molecule has 0 saturated carbocycles. The third kappa shape index (κ3) is 7.71. The number of rotatable bonds is 9. The van der Waals surface area contributed by atoms with Crippen molar-refractivity contribution in [2.75, 3.05) is 32.4 Å². The minimum atomic E-state index is -5.08. The molecule has 3 aromatic rings. The maximum atomic E-state index is 12.4. The molecule has 1 saturated heterocycles. The fourth-order valence-corrected chi connectivity index (χ4v) is 7.24. The lowest BCUT2D eigenvalue weighted by atomic mass is 9.88. The molecule has 1 aliphatic heterocycles. The number of alkyl halides is 3. The van der Waals surface area contributed by atoms with Gasteiger partial charge in [-0.3, -0.25) is 9.69 Å². The van der Waals surface area contributed by atoms with E-state index in [0.717, 1.165) is 53.4 Å². The second kappa shape index (κ2) is 13.6. The summed E-state index contributed by atoms with van der Waals surface area (Å²) in [5.74, 6) is -2.86. The number of sulfonamides is 1. The van der Waals surface area contributed by atoms with Gasteiger partial charge in [0.25, 0.3) is 5.91 Å². The number of aliphatic carboxylic acids is 1. The maximum absolute atomic E-state index is 12.4. The summed E-state index contributed by atoms with van der Waals surface area (Å²) in [5, 5.41) is 10.3. The van der Waals surface area contributed by atoms with Crippen molar-refractivity contribution < 1.29 is 36.3 Å². The molecule has 2 aromatic heterocycles. The molecule has 1 aliphatic rings. The Kier molecular flexibility index (Phi) is 10.8. The summed E-state index contributed by atoms with van der Waals surface area (Å²) in [7, 11) is -1.02. The molecule has 1 aromatic carbocycles. The number of nitrogens with two attached hydrogens (primary N) is 1. The van der Waals surface area contributed by atoms with E-state index in [0.29, 0.717) is 24.7 Å². The number of hydrogen-bond donors (Lipinski definition) is 3. The van der Waals surface area contributed by atoms with Crippen molar-refractivity contribution >= 4 is 44.1 Å². The van der Waals surface area contributed by atoms with Crippen molar-refractivity contribution in [3.8, 4) is 11.1 Å². The number of carboxylic acids is 1. The van der Waals surface area contributed by atoms with Crippen LogP contribution in [0.5, 0.6) is 0 Å². The molecule has 4 rings (SSSR count). The zero-order chi connectivity index (χ0) is 31.4. The molecule has 0 bridgehead atoms. The van der Waals surface area contributed by atoms with Gasteiger partial charge in [0.05, 0.1) is 16.8 Å². The van der Waals surface area contributed by atoms with E-state index in [2.05, 4.69) is 48.3 Å². The lowest BCUT2D eigenvalue weighted by molar-refractivity contribution is -0.192. The summed E-state index contributed by atoms with van der Waals surface area (Å²) < 4.78 is 57.9. The fraction of sp³-hybridized carbons (Fsp3) is 0.500. The van der Waals surface area contributed by atoms with E-state index in [1.54, 1.807) is 22.6 Å². The first-order valence-corrected chi connectivity index (χ1v) is 16.1. The SMILES string of the molecule is CCCN(C)C(C)c1cc(-c2cc(C(N)=O)c3[nH]cc(C4CCN(S(=O)(=O)CC)CC4)c3c2)cs1.O=C(O)C(F)(F)F. The van der Waals surface area contributed by atoms with Crippen LogP contribution in [-0.2, 0) is 14.8 Å². The molecular weight excluding hydrogens is 593 g/mol. The second-order valence-electron chi connectivity index (χ2n) is 10.3. The average Bonchev–Trinajstić information content (AvgIpc) is 3.60. The first kappa shape index (κ1) is 33.6. The molecule has 1 amide bonds. The Morgan fingerprint density at radius 1 is 1.19 bits per heavy atom. The van der Waals surface area contributed by atoms with Crippen molar-refractivity contribution in [3.05, 3.63) is 45.8 Å². The summed E-state index contributed by atoms with van der Waals surface area (Å²) >= 11 is 1.74. The number of carbonyl (C=O) groups excluding carboxylic acids is 1. The number of piperidine rings is 1. The van der Waals surface area contributed by atoms with E-state index in [4.69, 9.17) is 15.6 Å². The van der Waals surface area contributed by atoms with Crippen LogP contribution in [0.25, 0.3) is 22.0 Å². The molecule has 4 N–H and O–H groups in total. The van der Waals surface area contributed by atoms with Gasteiger partial charge in [-0.2, -0.15) is 13.2 Å². The average molecular weight is 631 g/mol. The Bertz CT molecular complexity index is 1510. The van der Waals surface area contributed by atoms with Crippen LogP contribution in [0.3, 0.4) is 0 Å². The van der Waals surface area contributed by atoms with Crippen molar-refractivity contribution in [2.45, 2.75) is 58.2 Å². The van der Waals surface area contributed by atoms with Gasteiger partial charge in [-0.25, -0.2) is 17.5 Å². The van der Waals surface area contributed by atoms with Crippen LogP contribution in [0.4, 0.5) is 13.2 Å². The number of halogens is 3. The van der Waals surface area contributed by atoms with Crippen LogP contribution in [0, 0.1) is 0 Å². The van der Waals surface area contributed by atoms with Crippen LogP contribution in [-0.4, -0.2) is 78.2 Å².